The number of carbonyl (C=O) groups excluding carboxylic acids is 1. The Kier molecular flexibility index (Phi) is 6.44. The number of benzene rings is 2. The fourth-order valence-electron chi connectivity index (χ4n) is 2.52. The van der Waals surface area contributed by atoms with Gasteiger partial charge in [-0.25, -0.2) is 4.79 Å². The maximum absolute atomic E-state index is 12.2. The molecule has 0 atom stereocenters. The number of hydrogen-bond acceptors (Lipinski definition) is 4. The highest BCUT2D eigenvalue weighted by molar-refractivity contribution is 7.99. The molecule has 3 rings (SSSR count). The predicted molar refractivity (Wildman–Crippen MR) is 111 cm³/mol. The van der Waals surface area contributed by atoms with Crippen LogP contribution < -0.4 is 10.6 Å². The van der Waals surface area contributed by atoms with Gasteiger partial charge < -0.3 is 10.6 Å². The molecule has 2 amide bonds. The van der Waals surface area contributed by atoms with Gasteiger partial charge in [0.15, 0.2) is 0 Å². The van der Waals surface area contributed by atoms with Gasteiger partial charge in [-0.1, -0.05) is 48.9 Å². The second-order valence-corrected chi connectivity index (χ2v) is 7.35. The first kappa shape index (κ1) is 18.9. The monoisotopic (exact) mass is 378 g/mol. The molecule has 0 aliphatic rings. The van der Waals surface area contributed by atoms with E-state index in [1.165, 1.54) is 5.56 Å². The van der Waals surface area contributed by atoms with E-state index in [0.717, 1.165) is 27.6 Å². The number of nitrogens with zero attached hydrogens (tertiary/aromatic N) is 2. The third-order valence-corrected chi connectivity index (χ3v) is 4.72. The molecule has 0 radical (unpaired) electrons. The van der Waals surface area contributed by atoms with E-state index in [2.05, 4.69) is 27.8 Å². The number of carbonyl (C=O) groups is 1. The molecule has 0 saturated carbocycles. The summed E-state index contributed by atoms with van der Waals surface area (Å²) in [5.41, 5.74) is 4.66. The molecule has 27 heavy (non-hydrogen) atoms. The van der Waals surface area contributed by atoms with Crippen LogP contribution in [0, 0.1) is 6.92 Å². The molecule has 0 aliphatic heterocycles. The second-order valence-electron chi connectivity index (χ2n) is 6.06. The van der Waals surface area contributed by atoms with Crippen LogP contribution in [-0.4, -0.2) is 22.0 Å². The van der Waals surface area contributed by atoms with Crippen molar-refractivity contribution in [1.82, 2.24) is 15.5 Å². The summed E-state index contributed by atoms with van der Waals surface area (Å²) in [7, 11) is 0. The molecule has 0 aliphatic carbocycles. The topological polar surface area (TPSA) is 66.9 Å². The van der Waals surface area contributed by atoms with Crippen LogP contribution in [0.25, 0.3) is 11.3 Å². The quantitative estimate of drug-likeness (QED) is 0.600. The molecule has 6 heteroatoms. The Hall–Kier alpha value is -2.86. The minimum absolute atomic E-state index is 0.242. The zero-order valence-corrected chi connectivity index (χ0v) is 16.2. The predicted octanol–water partition coefficient (Wildman–Crippen LogP) is 4.89. The van der Waals surface area contributed by atoms with E-state index in [1.807, 2.05) is 67.6 Å². The van der Waals surface area contributed by atoms with Gasteiger partial charge in [-0.3, -0.25) is 0 Å². The molecule has 2 N–H and O–H groups in total. The van der Waals surface area contributed by atoms with E-state index in [4.69, 9.17) is 0 Å². The molecule has 0 fully saturated rings. The smallest absolute Gasteiger partial charge is 0.319 e. The number of nitrogens with one attached hydrogen (secondary N) is 2. The van der Waals surface area contributed by atoms with Gasteiger partial charge in [0.05, 0.1) is 5.69 Å². The molecule has 0 unspecified atom stereocenters. The molecule has 1 aromatic heterocycles. The van der Waals surface area contributed by atoms with Gasteiger partial charge in [0, 0.05) is 17.8 Å². The molecular formula is C21H22N4OS. The molecular weight excluding hydrogens is 356 g/mol. The number of aryl methyl sites for hydroxylation is 1. The van der Waals surface area contributed by atoms with Crippen LogP contribution in [0.4, 0.5) is 10.5 Å². The third kappa shape index (κ3) is 5.56. The van der Waals surface area contributed by atoms with Crippen molar-refractivity contribution in [3.63, 3.8) is 0 Å². The molecule has 3 aromatic rings. The van der Waals surface area contributed by atoms with Gasteiger partial charge in [0.25, 0.3) is 0 Å². The Morgan fingerprint density at radius 1 is 1.04 bits per heavy atom. The fraction of sp³-hybridized carbons (Fsp3) is 0.190. The molecule has 138 valence electrons. The average Bonchev–Trinajstić information content (AvgIpc) is 2.69. The van der Waals surface area contributed by atoms with Crippen LogP contribution in [0.5, 0.6) is 0 Å². The molecule has 1 heterocycles. The van der Waals surface area contributed by atoms with Crippen molar-refractivity contribution >= 4 is 23.5 Å². The Balaban J connectivity index is 1.61. The zero-order valence-electron chi connectivity index (χ0n) is 15.4. The number of rotatable bonds is 6. The van der Waals surface area contributed by atoms with E-state index < -0.39 is 0 Å². The van der Waals surface area contributed by atoms with E-state index in [1.54, 1.807) is 11.8 Å². The summed E-state index contributed by atoms with van der Waals surface area (Å²) >= 11 is 1.66. The molecule has 0 bridgehead atoms. The lowest BCUT2D eigenvalue weighted by Gasteiger charge is -2.09. The van der Waals surface area contributed by atoms with Crippen LogP contribution in [-0.2, 0) is 6.54 Å². The van der Waals surface area contributed by atoms with Gasteiger partial charge >= 0.3 is 6.03 Å². The summed E-state index contributed by atoms with van der Waals surface area (Å²) in [6.07, 6.45) is 0. The molecule has 5 nitrogen and oxygen atoms in total. The SMILES string of the molecule is CCSc1ccc(-c2cccc(NC(=O)NCc3ccc(C)cc3)c2)nn1. The maximum atomic E-state index is 12.2. The summed E-state index contributed by atoms with van der Waals surface area (Å²) in [5.74, 6) is 0.963. The lowest BCUT2D eigenvalue weighted by atomic mass is 10.1. The lowest BCUT2D eigenvalue weighted by molar-refractivity contribution is 0.251. The summed E-state index contributed by atoms with van der Waals surface area (Å²) in [6.45, 7) is 4.60. The Bertz CT molecular complexity index is 895. The van der Waals surface area contributed by atoms with Crippen LogP contribution in [0.2, 0.25) is 0 Å². The van der Waals surface area contributed by atoms with E-state index in [-0.39, 0.29) is 6.03 Å². The normalized spacial score (nSPS) is 10.4. The second kappa shape index (κ2) is 9.19. The summed E-state index contributed by atoms with van der Waals surface area (Å²) in [5, 5.41) is 15.1. The molecule has 0 spiro atoms. The number of thioether (sulfide) groups is 1. The number of amides is 2. The van der Waals surface area contributed by atoms with Gasteiger partial charge in [-0.15, -0.1) is 22.0 Å². The van der Waals surface area contributed by atoms with Crippen molar-refractivity contribution < 1.29 is 4.79 Å². The Labute approximate surface area is 163 Å². The maximum Gasteiger partial charge on any atom is 0.319 e. The molecule has 0 saturated heterocycles. The summed E-state index contributed by atoms with van der Waals surface area (Å²) in [6, 6.07) is 19.3. The Morgan fingerprint density at radius 3 is 2.56 bits per heavy atom. The standard InChI is InChI=1S/C21H22N4OS/c1-3-27-20-12-11-19(24-25-20)17-5-4-6-18(13-17)23-21(26)22-14-16-9-7-15(2)8-10-16/h4-13H,3,14H2,1-2H3,(H2,22,23,26). The van der Waals surface area contributed by atoms with Crippen LogP contribution in [0.1, 0.15) is 18.1 Å². The van der Waals surface area contributed by atoms with E-state index >= 15 is 0 Å². The van der Waals surface area contributed by atoms with Gasteiger partial charge in [0.1, 0.15) is 5.03 Å². The zero-order chi connectivity index (χ0) is 19.1. The number of anilines is 1. The van der Waals surface area contributed by atoms with Crippen molar-refractivity contribution in [3.8, 4) is 11.3 Å². The summed E-state index contributed by atoms with van der Waals surface area (Å²) < 4.78 is 0. The fourth-order valence-corrected chi connectivity index (χ4v) is 3.08. The third-order valence-electron chi connectivity index (χ3n) is 3.92. The van der Waals surface area contributed by atoms with Crippen molar-refractivity contribution in [1.29, 1.82) is 0 Å². The number of aromatic nitrogens is 2. The highest BCUT2D eigenvalue weighted by atomic mass is 32.2. The van der Waals surface area contributed by atoms with Gasteiger partial charge in [0.2, 0.25) is 0 Å². The lowest BCUT2D eigenvalue weighted by Crippen LogP contribution is -2.28. The van der Waals surface area contributed by atoms with Crippen molar-refractivity contribution in [2.24, 2.45) is 0 Å². The van der Waals surface area contributed by atoms with Crippen LogP contribution in [0.15, 0.2) is 65.7 Å². The minimum Gasteiger partial charge on any atom is -0.334 e. The van der Waals surface area contributed by atoms with Crippen LogP contribution in [0.3, 0.4) is 0 Å². The van der Waals surface area contributed by atoms with E-state index in [0.29, 0.717) is 12.2 Å². The highest BCUT2D eigenvalue weighted by Crippen LogP contribution is 2.22. The largest absolute Gasteiger partial charge is 0.334 e. The number of hydrogen-bond donors (Lipinski definition) is 2. The highest BCUT2D eigenvalue weighted by Gasteiger charge is 2.05. The minimum atomic E-state index is -0.242. The van der Waals surface area contributed by atoms with Crippen molar-refractivity contribution in [3.05, 3.63) is 71.8 Å². The Morgan fingerprint density at radius 2 is 1.85 bits per heavy atom. The van der Waals surface area contributed by atoms with Crippen molar-refractivity contribution in [2.45, 2.75) is 25.4 Å². The van der Waals surface area contributed by atoms with Gasteiger partial charge in [-0.05, 0) is 42.5 Å². The average molecular weight is 379 g/mol. The van der Waals surface area contributed by atoms with Crippen molar-refractivity contribution in [2.75, 3.05) is 11.1 Å². The summed E-state index contributed by atoms with van der Waals surface area (Å²) in [4.78, 5) is 12.2. The first-order valence-corrected chi connectivity index (χ1v) is 9.80. The van der Waals surface area contributed by atoms with Gasteiger partial charge in [-0.2, -0.15) is 0 Å². The first-order valence-electron chi connectivity index (χ1n) is 8.81. The first-order chi connectivity index (χ1) is 13.1. The van der Waals surface area contributed by atoms with E-state index in [9.17, 15) is 4.79 Å². The molecule has 2 aromatic carbocycles. The van der Waals surface area contributed by atoms with Crippen LogP contribution >= 0.6 is 11.8 Å². The number of urea groups is 1.